The van der Waals surface area contributed by atoms with Gasteiger partial charge in [-0.05, 0) is 30.5 Å². The summed E-state index contributed by atoms with van der Waals surface area (Å²) >= 11 is 0. The van der Waals surface area contributed by atoms with Crippen LogP contribution in [0.4, 0.5) is 5.69 Å². The molecular formula is C15H24N2O2. The molecule has 2 N–H and O–H groups in total. The molecule has 2 rings (SSSR count). The van der Waals surface area contributed by atoms with E-state index in [1.54, 1.807) is 7.11 Å². The zero-order chi connectivity index (χ0) is 13.3. The number of fused-ring (bicyclic) bond motifs is 1. The molecule has 1 aromatic rings. The van der Waals surface area contributed by atoms with Crippen molar-refractivity contribution in [2.75, 3.05) is 45.3 Å². The van der Waals surface area contributed by atoms with Crippen LogP contribution < -0.4 is 10.6 Å². The van der Waals surface area contributed by atoms with E-state index in [1.165, 1.54) is 16.8 Å². The van der Waals surface area contributed by atoms with Gasteiger partial charge in [-0.25, -0.2) is 0 Å². The number of nitrogens with one attached hydrogen (secondary N) is 2. The van der Waals surface area contributed by atoms with Crippen LogP contribution in [0.1, 0.15) is 17.5 Å². The Hall–Kier alpha value is -1.10. The summed E-state index contributed by atoms with van der Waals surface area (Å²) in [7, 11) is 1.69. The lowest BCUT2D eigenvalue weighted by Gasteiger charge is -2.10. The number of methoxy groups -OCH3 is 1. The first-order chi connectivity index (χ1) is 9.42. The second kappa shape index (κ2) is 8.15. The van der Waals surface area contributed by atoms with E-state index in [0.29, 0.717) is 13.2 Å². The molecule has 106 valence electrons. The Morgan fingerprint density at radius 1 is 1.26 bits per heavy atom. The van der Waals surface area contributed by atoms with Gasteiger partial charge in [0, 0.05) is 32.5 Å². The molecular weight excluding hydrogens is 240 g/mol. The van der Waals surface area contributed by atoms with Crippen LogP contribution in [-0.4, -0.2) is 40.0 Å². The normalized spacial score (nSPS) is 13.3. The lowest BCUT2D eigenvalue weighted by Crippen LogP contribution is -2.17. The Morgan fingerprint density at radius 2 is 2.21 bits per heavy atom. The highest BCUT2D eigenvalue weighted by Crippen LogP contribution is 2.25. The largest absolute Gasteiger partial charge is 0.384 e. The predicted molar refractivity (Wildman–Crippen MR) is 77.7 cm³/mol. The van der Waals surface area contributed by atoms with Gasteiger partial charge >= 0.3 is 0 Å². The van der Waals surface area contributed by atoms with E-state index in [2.05, 4.69) is 28.8 Å². The fourth-order valence-electron chi connectivity index (χ4n) is 2.32. The zero-order valence-electron chi connectivity index (χ0n) is 11.7. The molecule has 4 nitrogen and oxygen atoms in total. The molecule has 0 aromatic heterocycles. The molecule has 0 aliphatic carbocycles. The van der Waals surface area contributed by atoms with Crippen LogP contribution in [0.3, 0.4) is 0 Å². The van der Waals surface area contributed by atoms with E-state index in [4.69, 9.17) is 9.47 Å². The molecule has 0 saturated heterocycles. The molecule has 1 aromatic carbocycles. The van der Waals surface area contributed by atoms with Crippen LogP contribution in [-0.2, 0) is 22.4 Å². The molecule has 1 aliphatic rings. The fourth-order valence-corrected chi connectivity index (χ4v) is 2.32. The van der Waals surface area contributed by atoms with Crippen molar-refractivity contribution < 1.29 is 9.47 Å². The molecule has 0 saturated carbocycles. The van der Waals surface area contributed by atoms with Crippen molar-refractivity contribution in [2.45, 2.75) is 19.4 Å². The lowest BCUT2D eigenvalue weighted by atomic mass is 10.1. The maximum Gasteiger partial charge on any atom is 0.0700 e. The van der Waals surface area contributed by atoms with Gasteiger partial charge in [-0.1, -0.05) is 18.2 Å². The highest BCUT2D eigenvalue weighted by atomic mass is 16.5. The summed E-state index contributed by atoms with van der Waals surface area (Å²) in [4.78, 5) is 0. The third-order valence-electron chi connectivity index (χ3n) is 3.32. The summed E-state index contributed by atoms with van der Waals surface area (Å²) in [6.45, 7) is 5.13. The summed E-state index contributed by atoms with van der Waals surface area (Å²) in [5, 5.41) is 6.94. The minimum atomic E-state index is 0.676. The van der Waals surface area contributed by atoms with Gasteiger partial charge in [-0.2, -0.15) is 0 Å². The standard InChI is InChI=1S/C15H24N2O2/c1-18-10-11-19-9-3-7-16-12-14-5-2-4-13-6-8-17-15(13)14/h2,4-5,16-17H,3,6-12H2,1H3. The van der Waals surface area contributed by atoms with Crippen LogP contribution in [0.5, 0.6) is 0 Å². The maximum atomic E-state index is 5.42. The number of para-hydroxylation sites is 1. The number of hydrogen-bond donors (Lipinski definition) is 2. The van der Waals surface area contributed by atoms with Crippen molar-refractivity contribution >= 4 is 5.69 Å². The van der Waals surface area contributed by atoms with E-state index >= 15 is 0 Å². The van der Waals surface area contributed by atoms with Crippen LogP contribution >= 0.6 is 0 Å². The Morgan fingerprint density at radius 3 is 3.11 bits per heavy atom. The van der Waals surface area contributed by atoms with Gasteiger partial charge in [-0.15, -0.1) is 0 Å². The van der Waals surface area contributed by atoms with Gasteiger partial charge in [0.1, 0.15) is 0 Å². The van der Waals surface area contributed by atoms with Gasteiger partial charge in [0.05, 0.1) is 13.2 Å². The van der Waals surface area contributed by atoms with Crippen molar-refractivity contribution in [1.82, 2.24) is 5.32 Å². The molecule has 0 atom stereocenters. The molecule has 0 unspecified atom stereocenters. The second-order valence-electron chi connectivity index (χ2n) is 4.76. The third-order valence-corrected chi connectivity index (χ3v) is 3.32. The van der Waals surface area contributed by atoms with Crippen LogP contribution in [0.15, 0.2) is 18.2 Å². The minimum Gasteiger partial charge on any atom is -0.384 e. The van der Waals surface area contributed by atoms with Crippen molar-refractivity contribution in [2.24, 2.45) is 0 Å². The second-order valence-corrected chi connectivity index (χ2v) is 4.76. The Bertz CT molecular complexity index is 382. The monoisotopic (exact) mass is 264 g/mol. The van der Waals surface area contributed by atoms with Gasteiger partial charge in [-0.3, -0.25) is 0 Å². The van der Waals surface area contributed by atoms with E-state index in [9.17, 15) is 0 Å². The first kappa shape index (κ1) is 14.3. The van der Waals surface area contributed by atoms with E-state index in [-0.39, 0.29) is 0 Å². The molecule has 0 bridgehead atoms. The van der Waals surface area contributed by atoms with E-state index < -0.39 is 0 Å². The van der Waals surface area contributed by atoms with Gasteiger partial charge in [0.15, 0.2) is 0 Å². The molecule has 0 fully saturated rings. The van der Waals surface area contributed by atoms with Crippen molar-refractivity contribution in [3.05, 3.63) is 29.3 Å². The quantitative estimate of drug-likeness (QED) is 0.667. The Kier molecular flexibility index (Phi) is 6.14. The maximum absolute atomic E-state index is 5.42. The molecule has 4 heteroatoms. The smallest absolute Gasteiger partial charge is 0.0700 e. The predicted octanol–water partition coefficient (Wildman–Crippen LogP) is 1.80. The van der Waals surface area contributed by atoms with Crippen molar-refractivity contribution in [3.63, 3.8) is 0 Å². The third kappa shape index (κ3) is 4.49. The van der Waals surface area contributed by atoms with Gasteiger partial charge < -0.3 is 20.1 Å². The number of hydrogen-bond acceptors (Lipinski definition) is 4. The van der Waals surface area contributed by atoms with Crippen LogP contribution in [0, 0.1) is 0 Å². The van der Waals surface area contributed by atoms with Crippen molar-refractivity contribution in [1.29, 1.82) is 0 Å². The highest BCUT2D eigenvalue weighted by molar-refractivity contribution is 5.61. The lowest BCUT2D eigenvalue weighted by molar-refractivity contribution is 0.0695. The topological polar surface area (TPSA) is 42.5 Å². The van der Waals surface area contributed by atoms with E-state index in [1.807, 2.05) is 0 Å². The summed E-state index contributed by atoms with van der Waals surface area (Å²) < 4.78 is 10.3. The number of rotatable bonds is 9. The van der Waals surface area contributed by atoms with E-state index in [0.717, 1.165) is 39.1 Å². The van der Waals surface area contributed by atoms with Crippen LogP contribution in [0.25, 0.3) is 0 Å². The fraction of sp³-hybridized carbons (Fsp3) is 0.600. The molecule has 0 amide bonds. The van der Waals surface area contributed by atoms with Crippen molar-refractivity contribution in [3.8, 4) is 0 Å². The van der Waals surface area contributed by atoms with Gasteiger partial charge in [0.25, 0.3) is 0 Å². The molecule has 0 radical (unpaired) electrons. The number of anilines is 1. The highest BCUT2D eigenvalue weighted by Gasteiger charge is 2.12. The molecule has 1 heterocycles. The average Bonchev–Trinajstić information content (AvgIpc) is 2.91. The average molecular weight is 264 g/mol. The molecule has 1 aliphatic heterocycles. The Labute approximate surface area is 115 Å². The Balaban J connectivity index is 1.60. The zero-order valence-corrected chi connectivity index (χ0v) is 11.7. The SMILES string of the molecule is COCCOCCCNCc1cccc2c1NCC2. The summed E-state index contributed by atoms with van der Waals surface area (Å²) in [5.74, 6) is 0. The number of ether oxygens (including phenoxy) is 2. The minimum absolute atomic E-state index is 0.676. The molecule has 0 spiro atoms. The summed E-state index contributed by atoms with van der Waals surface area (Å²) in [5.41, 5.74) is 4.16. The summed E-state index contributed by atoms with van der Waals surface area (Å²) in [6, 6.07) is 6.55. The number of benzene rings is 1. The first-order valence-corrected chi connectivity index (χ1v) is 7.04. The van der Waals surface area contributed by atoms with Gasteiger partial charge in [0.2, 0.25) is 0 Å². The van der Waals surface area contributed by atoms with Crippen LogP contribution in [0.2, 0.25) is 0 Å². The summed E-state index contributed by atoms with van der Waals surface area (Å²) in [6.07, 6.45) is 2.18. The first-order valence-electron chi connectivity index (χ1n) is 7.04. The molecule has 19 heavy (non-hydrogen) atoms.